The lowest BCUT2D eigenvalue weighted by Gasteiger charge is -2.07. The van der Waals surface area contributed by atoms with Gasteiger partial charge in [-0.15, -0.1) is 0 Å². The number of nitrogens with zero attached hydrogens (tertiary/aromatic N) is 1. The van der Waals surface area contributed by atoms with E-state index in [2.05, 4.69) is 29.4 Å². The number of nitrogens with one attached hydrogen (secondary N) is 2. The van der Waals surface area contributed by atoms with Gasteiger partial charge in [0.2, 0.25) is 0 Å². The first-order chi connectivity index (χ1) is 7.65. The molecule has 90 valence electrons. The minimum Gasteiger partial charge on any atom is -0.461 e. The summed E-state index contributed by atoms with van der Waals surface area (Å²) in [6.45, 7) is 7.96. The summed E-state index contributed by atoms with van der Waals surface area (Å²) in [6, 6.07) is 0. The van der Waals surface area contributed by atoms with Crippen molar-refractivity contribution >= 4 is 5.97 Å². The van der Waals surface area contributed by atoms with Gasteiger partial charge in [0.15, 0.2) is 0 Å². The van der Waals surface area contributed by atoms with Crippen LogP contribution in [0.2, 0.25) is 0 Å². The van der Waals surface area contributed by atoms with Gasteiger partial charge in [-0.2, -0.15) is 5.10 Å². The zero-order valence-corrected chi connectivity index (χ0v) is 10.0. The van der Waals surface area contributed by atoms with E-state index >= 15 is 0 Å². The van der Waals surface area contributed by atoms with Gasteiger partial charge in [-0.3, -0.25) is 5.10 Å². The van der Waals surface area contributed by atoms with Crippen LogP contribution in [-0.4, -0.2) is 29.3 Å². The lowest BCUT2D eigenvalue weighted by atomic mass is 10.2. The molecule has 0 aliphatic carbocycles. The van der Waals surface area contributed by atoms with Crippen molar-refractivity contribution in [1.29, 1.82) is 0 Å². The first-order valence-electron chi connectivity index (χ1n) is 5.55. The van der Waals surface area contributed by atoms with Crippen molar-refractivity contribution in [3.05, 3.63) is 17.5 Å². The van der Waals surface area contributed by atoms with Gasteiger partial charge in [0.1, 0.15) is 5.69 Å². The Labute approximate surface area is 95.6 Å². The van der Waals surface area contributed by atoms with E-state index in [0.717, 1.165) is 12.1 Å². The lowest BCUT2D eigenvalue weighted by molar-refractivity contribution is 0.0518. The Hall–Kier alpha value is -1.36. The largest absolute Gasteiger partial charge is 0.461 e. The van der Waals surface area contributed by atoms with Crippen LogP contribution in [0.1, 0.15) is 36.8 Å². The molecule has 0 fully saturated rings. The maximum Gasteiger partial charge on any atom is 0.356 e. The van der Waals surface area contributed by atoms with Crippen molar-refractivity contribution in [3.8, 4) is 0 Å². The summed E-state index contributed by atoms with van der Waals surface area (Å²) in [5.74, 6) is 0.235. The Bertz CT molecular complexity index is 334. The molecule has 1 rings (SSSR count). The zero-order valence-electron chi connectivity index (χ0n) is 10.0. The summed E-state index contributed by atoms with van der Waals surface area (Å²) >= 11 is 0. The smallest absolute Gasteiger partial charge is 0.356 e. The topological polar surface area (TPSA) is 67.0 Å². The molecule has 0 bridgehead atoms. The monoisotopic (exact) mass is 225 g/mol. The number of hydrogen-bond acceptors (Lipinski definition) is 4. The zero-order chi connectivity index (χ0) is 12.0. The molecule has 0 aliphatic heterocycles. The maximum atomic E-state index is 11.5. The standard InChI is InChI=1S/C11H19N3O2/c1-4-16-11(15)10-9(7-13-14-10)6-12-5-8(2)3/h7-8,12H,4-6H2,1-3H3,(H,13,14). The molecule has 0 saturated carbocycles. The molecule has 16 heavy (non-hydrogen) atoms. The summed E-state index contributed by atoms with van der Waals surface area (Å²) in [5, 5.41) is 9.78. The minimum absolute atomic E-state index is 0.346. The Balaban J connectivity index is 2.53. The molecule has 0 amide bonds. The summed E-state index contributed by atoms with van der Waals surface area (Å²) in [5.41, 5.74) is 1.29. The Kier molecular flexibility index (Phi) is 4.98. The molecular formula is C11H19N3O2. The Morgan fingerprint density at radius 3 is 3.00 bits per heavy atom. The molecule has 0 aliphatic rings. The van der Waals surface area contributed by atoms with Crippen molar-refractivity contribution in [2.24, 2.45) is 5.92 Å². The first-order valence-corrected chi connectivity index (χ1v) is 5.55. The molecule has 0 unspecified atom stereocenters. The lowest BCUT2D eigenvalue weighted by Crippen LogP contribution is -2.20. The number of aromatic amines is 1. The molecule has 5 nitrogen and oxygen atoms in total. The quantitative estimate of drug-likeness (QED) is 0.717. The third kappa shape index (κ3) is 3.66. The molecule has 1 aromatic rings. The molecule has 0 saturated heterocycles. The SMILES string of the molecule is CCOC(=O)c1[nH]ncc1CNCC(C)C. The summed E-state index contributed by atoms with van der Waals surface area (Å²) in [7, 11) is 0. The fraction of sp³-hybridized carbons (Fsp3) is 0.636. The van der Waals surface area contributed by atoms with Crippen molar-refractivity contribution < 1.29 is 9.53 Å². The van der Waals surface area contributed by atoms with Crippen LogP contribution in [0.25, 0.3) is 0 Å². The minimum atomic E-state index is -0.346. The van der Waals surface area contributed by atoms with Crippen molar-refractivity contribution in [2.75, 3.05) is 13.2 Å². The van der Waals surface area contributed by atoms with E-state index in [0.29, 0.717) is 24.8 Å². The summed E-state index contributed by atoms with van der Waals surface area (Å²) in [6.07, 6.45) is 1.65. The molecule has 0 radical (unpaired) electrons. The second-order valence-electron chi connectivity index (χ2n) is 4.02. The van der Waals surface area contributed by atoms with Crippen LogP contribution in [0.15, 0.2) is 6.20 Å². The first kappa shape index (κ1) is 12.7. The van der Waals surface area contributed by atoms with Gasteiger partial charge in [-0.1, -0.05) is 13.8 Å². The second kappa shape index (κ2) is 6.27. The number of ether oxygens (including phenoxy) is 1. The van der Waals surface area contributed by atoms with Gasteiger partial charge in [-0.25, -0.2) is 4.79 Å². The van der Waals surface area contributed by atoms with Gasteiger partial charge >= 0.3 is 5.97 Å². The highest BCUT2D eigenvalue weighted by molar-refractivity contribution is 5.88. The molecular weight excluding hydrogens is 206 g/mol. The molecule has 1 aromatic heterocycles. The molecule has 0 aromatic carbocycles. The summed E-state index contributed by atoms with van der Waals surface area (Å²) < 4.78 is 4.92. The van der Waals surface area contributed by atoms with E-state index in [4.69, 9.17) is 4.74 Å². The Morgan fingerprint density at radius 2 is 2.38 bits per heavy atom. The highest BCUT2D eigenvalue weighted by Crippen LogP contribution is 2.06. The number of rotatable bonds is 6. The number of H-pyrrole nitrogens is 1. The second-order valence-corrected chi connectivity index (χ2v) is 4.02. The third-order valence-electron chi connectivity index (χ3n) is 2.07. The molecule has 0 spiro atoms. The number of carbonyl (C=O) groups is 1. The predicted molar refractivity (Wildman–Crippen MR) is 61.1 cm³/mol. The normalized spacial score (nSPS) is 10.8. The number of aromatic nitrogens is 2. The van der Waals surface area contributed by atoms with E-state index in [-0.39, 0.29) is 5.97 Å². The molecule has 1 heterocycles. The van der Waals surface area contributed by atoms with E-state index in [1.54, 1.807) is 13.1 Å². The van der Waals surface area contributed by atoms with Gasteiger partial charge in [0.05, 0.1) is 12.8 Å². The predicted octanol–water partition coefficient (Wildman–Crippen LogP) is 1.33. The van der Waals surface area contributed by atoms with E-state index < -0.39 is 0 Å². The average molecular weight is 225 g/mol. The van der Waals surface area contributed by atoms with Crippen LogP contribution in [0, 0.1) is 5.92 Å². The van der Waals surface area contributed by atoms with E-state index in [1.807, 2.05) is 0 Å². The van der Waals surface area contributed by atoms with Crippen LogP contribution in [-0.2, 0) is 11.3 Å². The third-order valence-corrected chi connectivity index (χ3v) is 2.07. The van der Waals surface area contributed by atoms with Crippen molar-refractivity contribution in [2.45, 2.75) is 27.3 Å². The highest BCUT2D eigenvalue weighted by atomic mass is 16.5. The van der Waals surface area contributed by atoms with Crippen LogP contribution in [0.5, 0.6) is 0 Å². The molecule has 2 N–H and O–H groups in total. The Morgan fingerprint density at radius 1 is 1.62 bits per heavy atom. The fourth-order valence-electron chi connectivity index (χ4n) is 1.32. The van der Waals surface area contributed by atoms with Crippen LogP contribution in [0.4, 0.5) is 0 Å². The highest BCUT2D eigenvalue weighted by Gasteiger charge is 2.14. The van der Waals surface area contributed by atoms with Crippen LogP contribution < -0.4 is 5.32 Å². The van der Waals surface area contributed by atoms with E-state index in [9.17, 15) is 4.79 Å². The number of carbonyl (C=O) groups excluding carboxylic acids is 1. The van der Waals surface area contributed by atoms with Gasteiger partial charge in [0.25, 0.3) is 0 Å². The van der Waals surface area contributed by atoms with Crippen LogP contribution >= 0.6 is 0 Å². The molecule has 0 atom stereocenters. The van der Waals surface area contributed by atoms with Gasteiger partial charge < -0.3 is 10.1 Å². The average Bonchev–Trinajstić information content (AvgIpc) is 2.66. The van der Waals surface area contributed by atoms with Gasteiger partial charge in [0, 0.05) is 12.1 Å². The number of esters is 1. The van der Waals surface area contributed by atoms with Crippen molar-refractivity contribution in [3.63, 3.8) is 0 Å². The summed E-state index contributed by atoms with van der Waals surface area (Å²) in [4.78, 5) is 11.5. The maximum absolute atomic E-state index is 11.5. The van der Waals surface area contributed by atoms with Crippen LogP contribution in [0.3, 0.4) is 0 Å². The molecule has 5 heteroatoms. The van der Waals surface area contributed by atoms with Crippen molar-refractivity contribution in [1.82, 2.24) is 15.5 Å². The number of hydrogen-bond donors (Lipinski definition) is 2. The fourth-order valence-corrected chi connectivity index (χ4v) is 1.32. The van der Waals surface area contributed by atoms with E-state index in [1.165, 1.54) is 0 Å². The van der Waals surface area contributed by atoms with Gasteiger partial charge in [-0.05, 0) is 19.4 Å².